The van der Waals surface area contributed by atoms with Crippen molar-refractivity contribution in [2.45, 2.75) is 6.43 Å². The molecule has 0 fully saturated rings. The number of alkyl halides is 2. The van der Waals surface area contributed by atoms with Crippen LogP contribution in [0.15, 0.2) is 6.07 Å². The molecule has 3 N–H and O–H groups in total. The van der Waals surface area contributed by atoms with Crippen molar-refractivity contribution < 1.29 is 8.78 Å². The van der Waals surface area contributed by atoms with Gasteiger partial charge in [0.1, 0.15) is 11.2 Å². The third-order valence-electron chi connectivity index (χ3n) is 1.71. The first-order valence-corrected chi connectivity index (χ1v) is 4.05. The molecule has 0 saturated carbocycles. The number of anilines is 1. The van der Waals surface area contributed by atoms with Crippen LogP contribution >= 0.6 is 11.6 Å². The number of nitrogens with two attached hydrogens (primary N) is 1. The number of nitrogens with one attached hydrogen (secondary N) is 1. The van der Waals surface area contributed by atoms with Gasteiger partial charge >= 0.3 is 0 Å². The maximum atomic E-state index is 12.3. The molecule has 4 nitrogen and oxygen atoms in total. The summed E-state index contributed by atoms with van der Waals surface area (Å²) >= 11 is 5.54. The van der Waals surface area contributed by atoms with Gasteiger partial charge in [-0.15, -0.1) is 0 Å². The van der Waals surface area contributed by atoms with Crippen LogP contribution in [0.5, 0.6) is 0 Å². The van der Waals surface area contributed by atoms with Gasteiger partial charge < -0.3 is 10.7 Å². The largest absolute Gasteiger partial charge is 0.397 e. The van der Waals surface area contributed by atoms with Gasteiger partial charge in [-0.05, 0) is 17.7 Å². The third-order valence-corrected chi connectivity index (χ3v) is 1.89. The van der Waals surface area contributed by atoms with Crippen LogP contribution in [0.4, 0.5) is 14.5 Å². The highest BCUT2D eigenvalue weighted by molar-refractivity contribution is 6.29. The van der Waals surface area contributed by atoms with Crippen LogP contribution in [0.25, 0.3) is 11.2 Å². The number of imidazole rings is 1. The summed E-state index contributed by atoms with van der Waals surface area (Å²) in [7, 11) is 0. The monoisotopic (exact) mass is 218 g/mol. The highest BCUT2D eigenvalue weighted by Gasteiger charge is 2.14. The van der Waals surface area contributed by atoms with Gasteiger partial charge in [0.2, 0.25) is 5.28 Å². The molecule has 0 atom stereocenters. The number of aromatic nitrogens is 3. The van der Waals surface area contributed by atoms with E-state index in [0.717, 1.165) is 6.07 Å². The molecule has 74 valence electrons. The molecule has 0 amide bonds. The van der Waals surface area contributed by atoms with E-state index in [1.54, 1.807) is 0 Å². The molecular formula is C7H5ClF2N4. The summed E-state index contributed by atoms with van der Waals surface area (Å²) in [5.41, 5.74) is 5.73. The molecule has 0 aromatic carbocycles. The Labute approximate surface area is 82.1 Å². The minimum Gasteiger partial charge on any atom is -0.397 e. The molecule has 0 radical (unpaired) electrons. The molecule has 14 heavy (non-hydrogen) atoms. The van der Waals surface area contributed by atoms with Crippen LogP contribution in [-0.2, 0) is 0 Å². The number of fused-ring (bicyclic) bond motifs is 1. The van der Waals surface area contributed by atoms with E-state index in [4.69, 9.17) is 17.3 Å². The van der Waals surface area contributed by atoms with Crippen LogP contribution in [-0.4, -0.2) is 15.0 Å². The molecule has 0 aliphatic heterocycles. The lowest BCUT2D eigenvalue weighted by molar-refractivity contribution is 0.146. The molecule has 2 aromatic rings. The van der Waals surface area contributed by atoms with E-state index in [2.05, 4.69) is 15.0 Å². The second-order valence-corrected chi connectivity index (χ2v) is 3.02. The SMILES string of the molecule is Nc1cc(C(F)F)nc2nc(Cl)[nH]c12. The topological polar surface area (TPSA) is 67.6 Å². The molecule has 0 aliphatic carbocycles. The Morgan fingerprint density at radius 2 is 2.14 bits per heavy atom. The van der Waals surface area contributed by atoms with Gasteiger partial charge in [-0.25, -0.2) is 13.8 Å². The van der Waals surface area contributed by atoms with Crippen LogP contribution in [0.2, 0.25) is 5.28 Å². The fourth-order valence-corrected chi connectivity index (χ4v) is 1.29. The first kappa shape index (κ1) is 9.14. The Kier molecular flexibility index (Phi) is 1.99. The van der Waals surface area contributed by atoms with E-state index in [9.17, 15) is 8.78 Å². The highest BCUT2D eigenvalue weighted by atomic mass is 35.5. The molecule has 2 heterocycles. The van der Waals surface area contributed by atoms with Crippen molar-refractivity contribution in [1.82, 2.24) is 15.0 Å². The Morgan fingerprint density at radius 1 is 1.43 bits per heavy atom. The van der Waals surface area contributed by atoms with Gasteiger partial charge in [0, 0.05) is 0 Å². The minimum absolute atomic E-state index is 0.0746. The van der Waals surface area contributed by atoms with Gasteiger partial charge in [-0.1, -0.05) is 0 Å². The minimum atomic E-state index is -2.67. The van der Waals surface area contributed by atoms with Gasteiger partial charge in [0.25, 0.3) is 6.43 Å². The zero-order chi connectivity index (χ0) is 10.3. The lowest BCUT2D eigenvalue weighted by atomic mass is 10.3. The summed E-state index contributed by atoms with van der Waals surface area (Å²) in [6.45, 7) is 0. The molecular weight excluding hydrogens is 214 g/mol. The summed E-state index contributed by atoms with van der Waals surface area (Å²) in [6, 6.07) is 1.10. The number of nitrogen functional groups attached to an aromatic ring is 1. The molecule has 0 aliphatic rings. The van der Waals surface area contributed by atoms with Crippen LogP contribution in [0, 0.1) is 0 Å². The quantitative estimate of drug-likeness (QED) is 0.771. The lowest BCUT2D eigenvalue weighted by Gasteiger charge is -2.00. The zero-order valence-electron chi connectivity index (χ0n) is 6.76. The first-order valence-electron chi connectivity index (χ1n) is 3.67. The normalized spacial score (nSPS) is 11.4. The summed E-state index contributed by atoms with van der Waals surface area (Å²) in [6.07, 6.45) is -2.67. The summed E-state index contributed by atoms with van der Waals surface area (Å²) in [5, 5.41) is 0.0746. The highest BCUT2D eigenvalue weighted by Crippen LogP contribution is 2.25. The van der Waals surface area contributed by atoms with Crippen molar-refractivity contribution in [2.24, 2.45) is 0 Å². The number of aromatic amines is 1. The maximum Gasteiger partial charge on any atom is 0.280 e. The number of hydrogen-bond acceptors (Lipinski definition) is 3. The maximum absolute atomic E-state index is 12.3. The number of H-pyrrole nitrogens is 1. The van der Waals surface area contributed by atoms with E-state index in [-0.39, 0.29) is 16.6 Å². The fourth-order valence-electron chi connectivity index (χ4n) is 1.12. The van der Waals surface area contributed by atoms with E-state index in [1.807, 2.05) is 0 Å². The van der Waals surface area contributed by atoms with Crippen LogP contribution < -0.4 is 5.73 Å². The Balaban J connectivity index is 2.71. The predicted molar refractivity (Wildman–Crippen MR) is 48.3 cm³/mol. The van der Waals surface area contributed by atoms with E-state index < -0.39 is 12.1 Å². The average molecular weight is 219 g/mol. The number of halogens is 3. The average Bonchev–Trinajstić information content (AvgIpc) is 2.45. The molecule has 2 rings (SSSR count). The van der Waals surface area contributed by atoms with Gasteiger partial charge in [0.05, 0.1) is 5.69 Å². The molecule has 2 aromatic heterocycles. The molecule has 0 bridgehead atoms. The third kappa shape index (κ3) is 1.37. The zero-order valence-corrected chi connectivity index (χ0v) is 7.52. The van der Waals surface area contributed by atoms with E-state index in [1.165, 1.54) is 0 Å². The predicted octanol–water partition coefficient (Wildman–Crippen LogP) is 2.13. The van der Waals surface area contributed by atoms with Crippen LogP contribution in [0.1, 0.15) is 12.1 Å². The van der Waals surface area contributed by atoms with Gasteiger partial charge in [-0.3, -0.25) is 0 Å². The standard InChI is InChI=1S/C7H5ClF2N4/c8-7-13-4-2(11)1-3(5(9)10)12-6(4)14-7/h1,5H,(H3,11,12,13,14). The van der Waals surface area contributed by atoms with Gasteiger partial charge in [0.15, 0.2) is 5.65 Å². The second kappa shape index (κ2) is 3.06. The van der Waals surface area contributed by atoms with Crippen LogP contribution in [0.3, 0.4) is 0 Å². The first-order chi connectivity index (χ1) is 6.58. The van der Waals surface area contributed by atoms with E-state index in [0.29, 0.717) is 5.52 Å². The number of hydrogen-bond donors (Lipinski definition) is 2. The number of nitrogens with zero attached hydrogens (tertiary/aromatic N) is 2. The van der Waals surface area contributed by atoms with Crippen molar-refractivity contribution in [2.75, 3.05) is 5.73 Å². The van der Waals surface area contributed by atoms with E-state index >= 15 is 0 Å². The molecule has 7 heteroatoms. The van der Waals surface area contributed by atoms with Crippen molar-refractivity contribution in [3.8, 4) is 0 Å². The summed E-state index contributed by atoms with van der Waals surface area (Å²) in [4.78, 5) is 9.92. The Morgan fingerprint density at radius 3 is 2.79 bits per heavy atom. The van der Waals surface area contributed by atoms with Gasteiger partial charge in [-0.2, -0.15) is 4.98 Å². The molecule has 0 saturated heterocycles. The summed E-state index contributed by atoms with van der Waals surface area (Å²) in [5.74, 6) is 0. The Bertz CT molecular complexity index is 482. The second-order valence-electron chi connectivity index (χ2n) is 2.66. The summed E-state index contributed by atoms with van der Waals surface area (Å²) < 4.78 is 24.6. The smallest absolute Gasteiger partial charge is 0.280 e. The Hall–Kier alpha value is -1.43. The van der Waals surface area contributed by atoms with Crippen molar-refractivity contribution in [1.29, 1.82) is 0 Å². The van der Waals surface area contributed by atoms with Crippen molar-refractivity contribution >= 4 is 28.5 Å². The molecule has 0 unspecified atom stereocenters. The number of pyridine rings is 1. The lowest BCUT2D eigenvalue weighted by Crippen LogP contribution is -1.95. The van der Waals surface area contributed by atoms with Crippen molar-refractivity contribution in [3.63, 3.8) is 0 Å². The molecule has 0 spiro atoms. The van der Waals surface area contributed by atoms with Crippen molar-refractivity contribution in [3.05, 3.63) is 17.0 Å². The number of rotatable bonds is 1. The fraction of sp³-hybridized carbons (Fsp3) is 0.143.